The van der Waals surface area contributed by atoms with Crippen LogP contribution < -0.4 is 0 Å². The Balaban J connectivity index is 3.36. The number of aliphatic hydroxyl groups is 1. The molecule has 0 aliphatic carbocycles. The van der Waals surface area contributed by atoms with Crippen molar-refractivity contribution in [2.75, 3.05) is 13.6 Å². The van der Waals surface area contributed by atoms with Crippen LogP contribution in [0.15, 0.2) is 21.5 Å². The number of halogens is 2. The van der Waals surface area contributed by atoms with E-state index < -0.39 is 22.1 Å². The minimum Gasteiger partial charge on any atom is -0.478 e. The van der Waals surface area contributed by atoms with Gasteiger partial charge in [0.25, 0.3) is 0 Å². The third-order valence-corrected chi connectivity index (χ3v) is 5.52. The number of nitrogens with zero attached hydrogens (tertiary/aromatic N) is 1. The summed E-state index contributed by atoms with van der Waals surface area (Å²) in [5, 5.41) is 18.2. The summed E-state index contributed by atoms with van der Waals surface area (Å²) in [6.07, 6.45) is -0.843. The fourth-order valence-electron chi connectivity index (χ4n) is 1.52. The number of hydrogen-bond acceptors (Lipinski definition) is 4. The quantitative estimate of drug-likeness (QED) is 0.804. The molecule has 112 valence electrons. The van der Waals surface area contributed by atoms with Crippen LogP contribution in [0, 0.1) is 0 Å². The van der Waals surface area contributed by atoms with Crippen molar-refractivity contribution in [3.05, 3.63) is 27.2 Å². The minimum absolute atomic E-state index is 0.0744. The first-order chi connectivity index (χ1) is 9.07. The second kappa shape index (κ2) is 6.40. The highest BCUT2D eigenvalue weighted by molar-refractivity contribution is 9.10. The number of likely N-dealkylation sites (N-methyl/N-ethyl adjacent to an activating group) is 1. The lowest BCUT2D eigenvalue weighted by atomic mass is 10.2. The Bertz CT molecular complexity index is 632. The second-order valence-corrected chi connectivity index (χ2v) is 7.48. The molecule has 1 aromatic carbocycles. The maximum atomic E-state index is 12.3. The Morgan fingerprint density at radius 1 is 1.50 bits per heavy atom. The van der Waals surface area contributed by atoms with Crippen LogP contribution in [0.25, 0.3) is 0 Å². The van der Waals surface area contributed by atoms with Gasteiger partial charge >= 0.3 is 5.97 Å². The van der Waals surface area contributed by atoms with Gasteiger partial charge in [-0.05, 0) is 35.0 Å². The van der Waals surface area contributed by atoms with Gasteiger partial charge in [-0.3, -0.25) is 0 Å². The van der Waals surface area contributed by atoms with Crippen molar-refractivity contribution in [1.29, 1.82) is 0 Å². The van der Waals surface area contributed by atoms with E-state index in [9.17, 15) is 18.3 Å². The van der Waals surface area contributed by atoms with E-state index in [4.69, 9.17) is 16.7 Å². The van der Waals surface area contributed by atoms with Crippen molar-refractivity contribution in [2.45, 2.75) is 17.9 Å². The predicted molar refractivity (Wildman–Crippen MR) is 77.6 cm³/mol. The Hall–Kier alpha value is -0.670. The number of aliphatic hydroxyl groups excluding tert-OH is 1. The van der Waals surface area contributed by atoms with Gasteiger partial charge < -0.3 is 10.2 Å². The molecule has 2 N–H and O–H groups in total. The molecule has 1 aromatic rings. The predicted octanol–water partition coefficient (Wildman–Crippen LogP) is 1.80. The van der Waals surface area contributed by atoms with Gasteiger partial charge in [-0.2, -0.15) is 4.31 Å². The third kappa shape index (κ3) is 3.70. The molecule has 0 radical (unpaired) electrons. The van der Waals surface area contributed by atoms with Gasteiger partial charge in [-0.15, -0.1) is 0 Å². The highest BCUT2D eigenvalue weighted by Gasteiger charge is 2.25. The fraction of sp³-hybridized carbons (Fsp3) is 0.364. The first-order valence-electron chi connectivity index (χ1n) is 5.44. The summed E-state index contributed by atoms with van der Waals surface area (Å²) in [4.78, 5) is 10.8. The van der Waals surface area contributed by atoms with E-state index in [2.05, 4.69) is 15.9 Å². The molecular weight excluding hydrogens is 374 g/mol. The Morgan fingerprint density at radius 3 is 2.50 bits per heavy atom. The molecule has 0 bridgehead atoms. The summed E-state index contributed by atoms with van der Waals surface area (Å²) < 4.78 is 25.6. The molecule has 0 spiro atoms. The minimum atomic E-state index is -3.91. The van der Waals surface area contributed by atoms with Crippen molar-refractivity contribution in [3.8, 4) is 0 Å². The van der Waals surface area contributed by atoms with Gasteiger partial charge in [0.05, 0.1) is 21.6 Å². The number of aromatic carboxylic acids is 1. The van der Waals surface area contributed by atoms with Crippen molar-refractivity contribution in [3.63, 3.8) is 0 Å². The van der Waals surface area contributed by atoms with Crippen molar-refractivity contribution < 1.29 is 23.4 Å². The lowest BCUT2D eigenvalue weighted by Crippen LogP contribution is -2.33. The van der Waals surface area contributed by atoms with E-state index in [1.54, 1.807) is 0 Å². The zero-order valence-corrected chi connectivity index (χ0v) is 13.8. The van der Waals surface area contributed by atoms with Crippen molar-refractivity contribution >= 4 is 43.5 Å². The van der Waals surface area contributed by atoms with Crippen LogP contribution in [-0.2, 0) is 10.0 Å². The first-order valence-corrected chi connectivity index (χ1v) is 8.05. The summed E-state index contributed by atoms with van der Waals surface area (Å²) >= 11 is 8.83. The van der Waals surface area contributed by atoms with E-state index in [0.717, 1.165) is 10.4 Å². The Labute approximate surface area is 130 Å². The zero-order chi connectivity index (χ0) is 15.7. The zero-order valence-electron chi connectivity index (χ0n) is 10.7. The molecular formula is C11H13BrClNO5S. The number of carboxylic acid groups (broad SMARTS) is 1. The molecule has 0 fully saturated rings. The molecule has 9 heteroatoms. The number of carboxylic acids is 1. The van der Waals surface area contributed by atoms with Gasteiger partial charge in [0.15, 0.2) is 0 Å². The maximum absolute atomic E-state index is 12.3. The van der Waals surface area contributed by atoms with Crippen LogP contribution in [0.4, 0.5) is 0 Å². The van der Waals surface area contributed by atoms with E-state index >= 15 is 0 Å². The van der Waals surface area contributed by atoms with Crippen LogP contribution in [0.5, 0.6) is 0 Å². The van der Waals surface area contributed by atoms with Crippen molar-refractivity contribution in [2.24, 2.45) is 0 Å². The molecule has 0 saturated carbocycles. The number of rotatable bonds is 5. The molecule has 0 aliphatic rings. The number of hydrogen-bond donors (Lipinski definition) is 2. The fourth-order valence-corrected chi connectivity index (χ4v) is 3.63. The number of sulfonamides is 1. The first kappa shape index (κ1) is 17.4. The molecule has 0 amide bonds. The average Bonchev–Trinajstić information content (AvgIpc) is 2.30. The van der Waals surface area contributed by atoms with Crippen LogP contribution in [0.3, 0.4) is 0 Å². The molecule has 1 rings (SSSR count). The summed E-state index contributed by atoms with van der Waals surface area (Å²) in [5.74, 6) is -1.33. The summed E-state index contributed by atoms with van der Waals surface area (Å²) in [6.45, 7) is 1.34. The summed E-state index contributed by atoms with van der Waals surface area (Å²) in [6, 6.07) is 2.21. The molecule has 0 aliphatic heterocycles. The van der Waals surface area contributed by atoms with E-state index in [0.29, 0.717) is 0 Å². The lowest BCUT2D eigenvalue weighted by molar-refractivity contribution is 0.0696. The highest BCUT2D eigenvalue weighted by Crippen LogP contribution is 2.30. The molecule has 20 heavy (non-hydrogen) atoms. The molecule has 0 heterocycles. The normalized spacial score (nSPS) is 13.5. The smallest absolute Gasteiger partial charge is 0.337 e. The summed E-state index contributed by atoms with van der Waals surface area (Å²) in [7, 11) is -2.61. The van der Waals surface area contributed by atoms with E-state index in [1.165, 1.54) is 20.0 Å². The topological polar surface area (TPSA) is 94.9 Å². The van der Waals surface area contributed by atoms with Crippen LogP contribution in [-0.4, -0.2) is 48.6 Å². The van der Waals surface area contributed by atoms with E-state index in [-0.39, 0.29) is 26.5 Å². The molecule has 1 atom stereocenters. The van der Waals surface area contributed by atoms with Gasteiger partial charge in [0, 0.05) is 18.1 Å². The largest absolute Gasteiger partial charge is 0.478 e. The monoisotopic (exact) mass is 385 g/mol. The highest BCUT2D eigenvalue weighted by atomic mass is 79.9. The van der Waals surface area contributed by atoms with Crippen LogP contribution >= 0.6 is 27.5 Å². The SMILES string of the molecule is CC(O)CN(C)S(=O)(=O)c1cc(Br)c(Cl)c(C(=O)O)c1. The van der Waals surface area contributed by atoms with Crippen molar-refractivity contribution in [1.82, 2.24) is 4.31 Å². The number of benzene rings is 1. The Morgan fingerprint density at radius 2 is 2.05 bits per heavy atom. The van der Waals surface area contributed by atoms with Crippen LogP contribution in [0.1, 0.15) is 17.3 Å². The Kier molecular flexibility index (Phi) is 5.56. The second-order valence-electron chi connectivity index (χ2n) is 4.21. The molecule has 0 aromatic heterocycles. The van der Waals surface area contributed by atoms with Gasteiger partial charge in [-0.1, -0.05) is 11.6 Å². The molecule has 1 unspecified atom stereocenters. The average molecular weight is 387 g/mol. The van der Waals surface area contributed by atoms with Gasteiger partial charge in [0.2, 0.25) is 10.0 Å². The van der Waals surface area contributed by atoms with E-state index in [1.807, 2.05) is 0 Å². The summed E-state index contributed by atoms with van der Waals surface area (Å²) in [5.41, 5.74) is -0.315. The molecule has 0 saturated heterocycles. The molecule has 6 nitrogen and oxygen atoms in total. The lowest BCUT2D eigenvalue weighted by Gasteiger charge is -2.19. The van der Waals surface area contributed by atoms with Gasteiger partial charge in [-0.25, -0.2) is 13.2 Å². The third-order valence-electron chi connectivity index (χ3n) is 2.46. The number of carbonyl (C=O) groups is 1. The van der Waals surface area contributed by atoms with Crippen LogP contribution in [0.2, 0.25) is 5.02 Å². The van der Waals surface area contributed by atoms with Gasteiger partial charge in [0.1, 0.15) is 0 Å². The standard InChI is InChI=1S/C11H13BrClNO5S/c1-6(15)5-14(2)20(18,19)7-3-8(11(16)17)10(13)9(12)4-7/h3-4,6,15H,5H2,1-2H3,(H,16,17). The maximum Gasteiger partial charge on any atom is 0.337 e.